The van der Waals surface area contributed by atoms with Crippen molar-refractivity contribution in [3.8, 4) is 0 Å². The van der Waals surface area contributed by atoms with Crippen LogP contribution in [0.25, 0.3) is 10.9 Å². The summed E-state index contributed by atoms with van der Waals surface area (Å²) in [6.07, 6.45) is 4.77. The van der Waals surface area contributed by atoms with E-state index in [-0.39, 0.29) is 24.5 Å². The van der Waals surface area contributed by atoms with Crippen LogP contribution in [0.1, 0.15) is 30.4 Å². The molecular weight excluding hydrogens is 394 g/mol. The van der Waals surface area contributed by atoms with Crippen LogP contribution in [-0.2, 0) is 21.3 Å². The number of nitrogens with one attached hydrogen (secondary N) is 2. The third-order valence-corrected chi connectivity index (χ3v) is 5.76. The maximum absolute atomic E-state index is 12.6. The Morgan fingerprint density at radius 1 is 1.41 bits per heavy atom. The average Bonchev–Trinajstić information content (AvgIpc) is 3.05. The van der Waals surface area contributed by atoms with Crippen LogP contribution >= 0.6 is 0 Å². The molecule has 29 heavy (non-hydrogen) atoms. The molecule has 4 unspecified atom stereocenters. The molecule has 8 nitrogen and oxygen atoms in total. The van der Waals surface area contributed by atoms with Crippen LogP contribution in [-0.4, -0.2) is 72.4 Å². The van der Waals surface area contributed by atoms with Crippen molar-refractivity contribution in [3.63, 3.8) is 0 Å². The van der Waals surface area contributed by atoms with Crippen LogP contribution in [0.5, 0.6) is 0 Å². The molecule has 0 saturated carbocycles. The molecule has 1 aromatic heterocycles. The van der Waals surface area contributed by atoms with Crippen molar-refractivity contribution in [3.05, 3.63) is 35.5 Å². The first-order valence-electron chi connectivity index (χ1n) is 9.71. The van der Waals surface area contributed by atoms with Gasteiger partial charge in [0.05, 0.1) is 18.8 Å². The number of likely N-dealkylation sites (N-methyl/N-ethyl adjacent to an activating group) is 1. The number of aromatic nitrogens is 1. The fraction of sp³-hybridized carbons (Fsp3) is 0.550. The Morgan fingerprint density at radius 3 is 2.76 bits per heavy atom. The molecule has 9 heteroatoms. The second kappa shape index (κ2) is 8.43. The first kappa shape index (κ1) is 21.8. The number of rotatable bonds is 3. The zero-order valence-corrected chi connectivity index (χ0v) is 17.7. The summed E-state index contributed by atoms with van der Waals surface area (Å²) in [6.45, 7) is 2.59. The number of H-pyrrole nitrogens is 1. The third-order valence-electron chi connectivity index (χ3n) is 5.76. The lowest BCUT2D eigenvalue weighted by molar-refractivity contribution is -0.128. The van der Waals surface area contributed by atoms with Crippen molar-refractivity contribution >= 4 is 26.9 Å². The number of fused-ring (bicyclic) bond motifs is 2. The minimum Gasteiger partial charge on any atom is -0.394 e. The predicted molar refractivity (Wildman–Crippen MR) is 111 cm³/mol. The molecule has 1 aromatic carbocycles. The molecule has 2 aromatic rings. The van der Waals surface area contributed by atoms with E-state index in [1.807, 2.05) is 6.92 Å². The van der Waals surface area contributed by atoms with Crippen molar-refractivity contribution in [2.75, 3.05) is 26.5 Å². The number of carbonyl (C=O) groups excluding carboxylic acids is 1. The Bertz CT molecular complexity index is 979. The second-order valence-corrected chi connectivity index (χ2v) is 9.63. The molecule has 1 fully saturated rings. The van der Waals surface area contributed by atoms with Gasteiger partial charge in [-0.25, -0.2) is 0 Å². The number of piperidine rings is 1. The van der Waals surface area contributed by atoms with E-state index in [2.05, 4.69) is 46.6 Å². The monoisotopic (exact) mass is 423 g/mol. The van der Waals surface area contributed by atoms with Crippen LogP contribution in [0.3, 0.4) is 0 Å². The Labute approximate surface area is 171 Å². The number of hydrogen-bond acceptors (Lipinski definition) is 5. The number of amides is 1. The Kier molecular flexibility index (Phi) is 6.33. The normalized spacial score (nSPS) is 24.9. The zero-order chi connectivity index (χ0) is 21.3. The number of benzene rings is 1. The van der Waals surface area contributed by atoms with Crippen LogP contribution in [0.4, 0.5) is 0 Å². The summed E-state index contributed by atoms with van der Waals surface area (Å²) < 4.78 is 25.9. The minimum atomic E-state index is -3.67. The molecule has 1 saturated heterocycles. The lowest BCUT2D eigenvalue weighted by atomic mass is 9.72. The molecule has 2 aliphatic rings. The zero-order valence-electron chi connectivity index (χ0n) is 16.9. The Hall–Kier alpha value is -1.94. The molecule has 0 spiro atoms. The molecule has 4 N–H and O–H groups in total. The maximum atomic E-state index is 12.6. The highest BCUT2D eigenvalue weighted by Crippen LogP contribution is 2.44. The summed E-state index contributed by atoms with van der Waals surface area (Å²) in [5.74, 6) is 0.422. The SMILES string of the molecule is CC(CO)NC(=O)C1CC2c3cccc4[nH]cc(c34)CC2N(C)C1.CS(=O)(=O)O. The van der Waals surface area contributed by atoms with Crippen LogP contribution in [0.15, 0.2) is 24.4 Å². The quantitative estimate of drug-likeness (QED) is 0.549. The number of hydrogen-bond donors (Lipinski definition) is 4. The van der Waals surface area contributed by atoms with E-state index in [0.717, 1.165) is 19.4 Å². The van der Waals surface area contributed by atoms with Crippen LogP contribution < -0.4 is 5.32 Å². The molecule has 1 aliphatic heterocycles. The van der Waals surface area contributed by atoms with E-state index in [1.54, 1.807) is 0 Å². The lowest BCUT2D eigenvalue weighted by Gasteiger charge is -2.45. The van der Waals surface area contributed by atoms with Crippen LogP contribution in [0.2, 0.25) is 0 Å². The number of nitrogens with zero attached hydrogens (tertiary/aromatic N) is 1. The molecule has 1 amide bonds. The summed E-state index contributed by atoms with van der Waals surface area (Å²) in [7, 11) is -1.54. The van der Waals surface area contributed by atoms with Gasteiger partial charge < -0.3 is 20.3 Å². The molecule has 160 valence electrons. The first-order valence-corrected chi connectivity index (χ1v) is 11.6. The topological polar surface area (TPSA) is 123 Å². The predicted octanol–water partition coefficient (Wildman–Crippen LogP) is 1.13. The van der Waals surface area contributed by atoms with Gasteiger partial charge in [0, 0.05) is 41.6 Å². The molecule has 4 rings (SSSR count). The Balaban J connectivity index is 0.000000431. The first-order chi connectivity index (χ1) is 13.6. The fourth-order valence-electron chi connectivity index (χ4n) is 4.54. The highest BCUT2D eigenvalue weighted by atomic mass is 32.2. The van der Waals surface area contributed by atoms with Crippen molar-refractivity contribution < 1.29 is 22.9 Å². The highest BCUT2D eigenvalue weighted by Gasteiger charge is 2.41. The van der Waals surface area contributed by atoms with Gasteiger partial charge in [-0.1, -0.05) is 12.1 Å². The van der Waals surface area contributed by atoms with Gasteiger partial charge >= 0.3 is 0 Å². The standard InChI is InChI=1S/C19H25N3O2.CH4O3S/c1-11(10-23)21-19(24)13-6-15-14-4-3-5-16-18(14)12(8-20-16)7-17(15)22(2)9-13;1-5(2,3)4/h3-5,8,11,13,15,17,20,23H,6-7,9-10H2,1-2H3,(H,21,24);1H3,(H,2,3,4). The smallest absolute Gasteiger partial charge is 0.261 e. The van der Waals surface area contributed by atoms with E-state index in [4.69, 9.17) is 4.55 Å². The molecule has 1 aliphatic carbocycles. The number of aliphatic hydroxyl groups excluding tert-OH is 1. The van der Waals surface area contributed by atoms with Gasteiger partial charge in [0.15, 0.2) is 0 Å². The van der Waals surface area contributed by atoms with Gasteiger partial charge in [0.1, 0.15) is 0 Å². The van der Waals surface area contributed by atoms with E-state index >= 15 is 0 Å². The van der Waals surface area contributed by atoms with E-state index in [0.29, 0.717) is 18.2 Å². The van der Waals surface area contributed by atoms with Gasteiger partial charge in [0.2, 0.25) is 5.91 Å². The number of carbonyl (C=O) groups is 1. The summed E-state index contributed by atoms with van der Waals surface area (Å²) in [5, 5.41) is 13.5. The summed E-state index contributed by atoms with van der Waals surface area (Å²) >= 11 is 0. The van der Waals surface area contributed by atoms with E-state index < -0.39 is 10.1 Å². The minimum absolute atomic E-state index is 0.0215. The number of likely N-dealkylation sites (tertiary alicyclic amines) is 1. The molecule has 2 heterocycles. The fourth-order valence-corrected chi connectivity index (χ4v) is 4.54. The molecule has 0 radical (unpaired) electrons. The molecule has 0 bridgehead atoms. The van der Waals surface area contributed by atoms with Crippen molar-refractivity contribution in [1.82, 2.24) is 15.2 Å². The summed E-state index contributed by atoms with van der Waals surface area (Å²) in [5.41, 5.74) is 3.97. The highest BCUT2D eigenvalue weighted by molar-refractivity contribution is 7.85. The van der Waals surface area contributed by atoms with Gasteiger partial charge in [-0.2, -0.15) is 8.42 Å². The van der Waals surface area contributed by atoms with Gasteiger partial charge in [0.25, 0.3) is 10.1 Å². The van der Waals surface area contributed by atoms with Gasteiger partial charge in [-0.3, -0.25) is 9.35 Å². The average molecular weight is 424 g/mol. The molecular formula is C20H29N3O5S. The number of aromatic amines is 1. The maximum Gasteiger partial charge on any atom is 0.261 e. The van der Waals surface area contributed by atoms with Crippen LogP contribution in [0, 0.1) is 5.92 Å². The van der Waals surface area contributed by atoms with Crippen molar-refractivity contribution in [1.29, 1.82) is 0 Å². The summed E-state index contributed by atoms with van der Waals surface area (Å²) in [4.78, 5) is 18.3. The van der Waals surface area contributed by atoms with E-state index in [1.165, 1.54) is 22.0 Å². The van der Waals surface area contributed by atoms with Crippen molar-refractivity contribution in [2.45, 2.75) is 37.8 Å². The largest absolute Gasteiger partial charge is 0.394 e. The molecule has 4 atom stereocenters. The van der Waals surface area contributed by atoms with Gasteiger partial charge in [-0.15, -0.1) is 0 Å². The third kappa shape index (κ3) is 4.98. The number of aliphatic hydroxyl groups is 1. The second-order valence-electron chi connectivity index (χ2n) is 8.16. The lowest BCUT2D eigenvalue weighted by Crippen LogP contribution is -2.52. The summed E-state index contributed by atoms with van der Waals surface area (Å²) in [6, 6.07) is 6.73. The van der Waals surface area contributed by atoms with E-state index in [9.17, 15) is 18.3 Å². The Morgan fingerprint density at radius 2 is 2.10 bits per heavy atom. The van der Waals surface area contributed by atoms with Gasteiger partial charge in [-0.05, 0) is 44.0 Å². The van der Waals surface area contributed by atoms with Crippen molar-refractivity contribution in [2.24, 2.45) is 5.92 Å².